The molecule has 0 heterocycles. The molecule has 0 saturated carbocycles. The summed E-state index contributed by atoms with van der Waals surface area (Å²) in [7, 11) is 0. The van der Waals surface area contributed by atoms with Gasteiger partial charge in [-0.1, -0.05) is 26.7 Å². The van der Waals surface area contributed by atoms with Crippen molar-refractivity contribution < 1.29 is 19.8 Å². The zero-order valence-corrected chi connectivity index (χ0v) is 8.25. The first-order valence-corrected chi connectivity index (χ1v) is 4.48. The van der Waals surface area contributed by atoms with Crippen molar-refractivity contribution in [1.82, 2.24) is 0 Å². The lowest BCUT2D eigenvalue weighted by Crippen LogP contribution is -1.92. The number of rotatable bonds is 5. The van der Waals surface area contributed by atoms with Gasteiger partial charge in [-0.05, 0) is 6.42 Å². The van der Waals surface area contributed by atoms with E-state index < -0.39 is 11.9 Å². The molecular formula is C9H18O4. The summed E-state index contributed by atoms with van der Waals surface area (Å²) in [4.78, 5) is 19.2. The van der Waals surface area contributed by atoms with Crippen molar-refractivity contribution in [3.8, 4) is 0 Å². The minimum atomic E-state index is -0.745. The maximum absolute atomic E-state index is 9.87. The Hall–Kier alpha value is -1.06. The summed E-state index contributed by atoms with van der Waals surface area (Å²) in [5.41, 5.74) is 0. The average molecular weight is 190 g/mol. The van der Waals surface area contributed by atoms with Crippen LogP contribution in [0.15, 0.2) is 0 Å². The highest BCUT2D eigenvalue weighted by atomic mass is 16.4. The minimum absolute atomic E-state index is 0.222. The van der Waals surface area contributed by atoms with Gasteiger partial charge in [0.15, 0.2) is 0 Å². The van der Waals surface area contributed by atoms with Crippen LogP contribution < -0.4 is 0 Å². The smallest absolute Gasteiger partial charge is 0.303 e. The summed E-state index contributed by atoms with van der Waals surface area (Å²) >= 11 is 0. The van der Waals surface area contributed by atoms with E-state index in [9.17, 15) is 9.59 Å². The summed E-state index contributed by atoms with van der Waals surface area (Å²) in [6.07, 6.45) is 3.50. The van der Waals surface area contributed by atoms with Gasteiger partial charge in [0.2, 0.25) is 0 Å². The van der Waals surface area contributed by atoms with Crippen LogP contribution in [0.2, 0.25) is 0 Å². The molecule has 0 aliphatic heterocycles. The number of hydrogen-bond donors (Lipinski definition) is 2. The van der Waals surface area contributed by atoms with Crippen LogP contribution in [0.5, 0.6) is 0 Å². The lowest BCUT2D eigenvalue weighted by Gasteiger charge is -1.89. The zero-order chi connectivity index (χ0) is 10.7. The highest BCUT2D eigenvalue weighted by Gasteiger charge is 1.92. The molecular weight excluding hydrogens is 172 g/mol. The van der Waals surface area contributed by atoms with E-state index in [4.69, 9.17) is 10.2 Å². The molecule has 0 radical (unpaired) electrons. The van der Waals surface area contributed by atoms with Gasteiger partial charge < -0.3 is 10.2 Å². The fraction of sp³-hybridized carbons (Fsp3) is 0.778. The Labute approximate surface area is 78.6 Å². The second-order valence-electron chi connectivity index (χ2n) is 2.60. The number of aliphatic carboxylic acids is 2. The van der Waals surface area contributed by atoms with Crippen LogP contribution in [-0.2, 0) is 9.59 Å². The average Bonchev–Trinajstić information content (AvgIpc) is 2.05. The summed E-state index contributed by atoms with van der Waals surface area (Å²) in [6.45, 7) is 3.66. The zero-order valence-electron chi connectivity index (χ0n) is 8.25. The van der Waals surface area contributed by atoms with Gasteiger partial charge in [-0.15, -0.1) is 0 Å². The van der Waals surface area contributed by atoms with Crippen molar-refractivity contribution in [3.63, 3.8) is 0 Å². The van der Waals surface area contributed by atoms with Crippen molar-refractivity contribution in [1.29, 1.82) is 0 Å². The van der Waals surface area contributed by atoms with Crippen LogP contribution in [0.1, 0.15) is 46.0 Å². The van der Waals surface area contributed by atoms with E-state index in [1.165, 1.54) is 0 Å². The maximum atomic E-state index is 9.87. The van der Waals surface area contributed by atoms with Crippen LogP contribution in [-0.4, -0.2) is 22.2 Å². The molecule has 13 heavy (non-hydrogen) atoms. The largest absolute Gasteiger partial charge is 0.481 e. The topological polar surface area (TPSA) is 74.6 Å². The molecule has 0 aromatic heterocycles. The molecule has 4 nitrogen and oxygen atoms in total. The third-order valence-corrected chi connectivity index (χ3v) is 1.30. The Balaban J connectivity index is 0. The summed E-state index contributed by atoms with van der Waals surface area (Å²) < 4.78 is 0. The first kappa shape index (κ1) is 14.5. The van der Waals surface area contributed by atoms with E-state index in [2.05, 4.69) is 6.92 Å². The molecule has 0 atom stereocenters. The molecule has 0 bridgehead atoms. The Bertz CT molecular complexity index is 143. The first-order chi connectivity index (χ1) is 6.04. The molecule has 2 N–H and O–H groups in total. The van der Waals surface area contributed by atoms with Crippen molar-refractivity contribution in [2.45, 2.75) is 46.0 Å². The van der Waals surface area contributed by atoms with Crippen LogP contribution in [0.4, 0.5) is 0 Å². The quantitative estimate of drug-likeness (QED) is 0.651. The number of unbranched alkanes of at least 4 members (excludes halogenated alkanes) is 2. The molecule has 0 aromatic rings. The highest BCUT2D eigenvalue weighted by molar-refractivity contribution is 5.66. The fourth-order valence-corrected chi connectivity index (χ4v) is 0.526. The normalized spacial score (nSPS) is 8.46. The number of hydrogen-bond acceptors (Lipinski definition) is 2. The van der Waals surface area contributed by atoms with Gasteiger partial charge >= 0.3 is 11.9 Å². The molecule has 0 saturated heterocycles. The number of carbonyl (C=O) groups is 2. The molecule has 0 fully saturated rings. The van der Waals surface area contributed by atoms with E-state index in [0.717, 1.165) is 19.3 Å². The number of carboxylic acids is 2. The van der Waals surface area contributed by atoms with Crippen LogP contribution in [0.3, 0.4) is 0 Å². The molecule has 0 rings (SSSR count). The van der Waals surface area contributed by atoms with Gasteiger partial charge in [-0.2, -0.15) is 0 Å². The van der Waals surface area contributed by atoms with Gasteiger partial charge in [0.25, 0.3) is 0 Å². The van der Waals surface area contributed by atoms with Gasteiger partial charge in [-0.25, -0.2) is 0 Å². The van der Waals surface area contributed by atoms with Crippen molar-refractivity contribution in [3.05, 3.63) is 0 Å². The third kappa shape index (κ3) is 24.8. The van der Waals surface area contributed by atoms with E-state index in [0.29, 0.717) is 6.42 Å². The third-order valence-electron chi connectivity index (χ3n) is 1.30. The van der Waals surface area contributed by atoms with Gasteiger partial charge in [-0.3, -0.25) is 9.59 Å². The highest BCUT2D eigenvalue weighted by Crippen LogP contribution is 1.97. The van der Waals surface area contributed by atoms with E-state index in [-0.39, 0.29) is 6.42 Å². The minimum Gasteiger partial charge on any atom is -0.481 e. The summed E-state index contributed by atoms with van der Waals surface area (Å²) in [6, 6.07) is 0. The monoisotopic (exact) mass is 190 g/mol. The molecule has 0 aliphatic carbocycles. The van der Waals surface area contributed by atoms with E-state index in [1.54, 1.807) is 6.92 Å². The van der Waals surface area contributed by atoms with Crippen molar-refractivity contribution in [2.75, 3.05) is 0 Å². The maximum Gasteiger partial charge on any atom is 0.303 e. The SMILES string of the molecule is CCC(=O)O.CCCCCC(=O)O. The first-order valence-electron chi connectivity index (χ1n) is 4.48. The van der Waals surface area contributed by atoms with Gasteiger partial charge in [0, 0.05) is 12.8 Å². The molecule has 0 aromatic carbocycles. The molecule has 78 valence electrons. The van der Waals surface area contributed by atoms with Crippen LogP contribution in [0.25, 0.3) is 0 Å². The second kappa shape index (κ2) is 10.9. The molecule has 0 aliphatic rings. The lowest BCUT2D eigenvalue weighted by atomic mass is 10.2. The molecule has 4 heteroatoms. The molecule has 0 unspecified atom stereocenters. The van der Waals surface area contributed by atoms with Crippen molar-refractivity contribution >= 4 is 11.9 Å². The van der Waals surface area contributed by atoms with Crippen LogP contribution in [0, 0.1) is 0 Å². The van der Waals surface area contributed by atoms with E-state index in [1.807, 2.05) is 0 Å². The summed E-state index contributed by atoms with van der Waals surface area (Å²) in [5.74, 6) is -1.43. The van der Waals surface area contributed by atoms with Gasteiger partial charge in [0.05, 0.1) is 0 Å². The van der Waals surface area contributed by atoms with Crippen molar-refractivity contribution in [2.24, 2.45) is 0 Å². The Morgan fingerprint density at radius 3 is 1.69 bits per heavy atom. The fourth-order valence-electron chi connectivity index (χ4n) is 0.526. The van der Waals surface area contributed by atoms with Gasteiger partial charge in [0.1, 0.15) is 0 Å². The Morgan fingerprint density at radius 1 is 1.00 bits per heavy atom. The Morgan fingerprint density at radius 2 is 1.46 bits per heavy atom. The van der Waals surface area contributed by atoms with E-state index >= 15 is 0 Å². The standard InChI is InChI=1S/C6H12O2.C3H6O2/c1-2-3-4-5-6(7)8;1-2-3(4)5/h2-5H2,1H3,(H,7,8);2H2,1H3,(H,4,5). The van der Waals surface area contributed by atoms with Crippen LogP contribution >= 0.6 is 0 Å². The number of carboxylic acid groups (broad SMARTS) is 2. The molecule has 0 spiro atoms. The molecule has 0 amide bonds. The predicted octanol–water partition coefficient (Wildman–Crippen LogP) is 2.13. The second-order valence-corrected chi connectivity index (χ2v) is 2.60. The Kier molecular flexibility index (Phi) is 12.2. The predicted molar refractivity (Wildman–Crippen MR) is 49.7 cm³/mol. The lowest BCUT2D eigenvalue weighted by molar-refractivity contribution is -0.137. The summed E-state index contributed by atoms with van der Waals surface area (Å²) in [5, 5.41) is 15.9.